The van der Waals surface area contributed by atoms with Gasteiger partial charge in [-0.1, -0.05) is 56.1 Å². The van der Waals surface area contributed by atoms with Crippen molar-refractivity contribution in [1.29, 1.82) is 0 Å². The average Bonchev–Trinajstić information content (AvgIpc) is 3.16. The van der Waals surface area contributed by atoms with Crippen molar-refractivity contribution >= 4 is 37.8 Å². The van der Waals surface area contributed by atoms with Crippen LogP contribution < -0.4 is 0 Å². The molecule has 2 fully saturated rings. The number of rotatable bonds is 1. The van der Waals surface area contributed by atoms with Gasteiger partial charge in [-0.05, 0) is 23.0 Å². The van der Waals surface area contributed by atoms with Gasteiger partial charge in [-0.25, -0.2) is 0 Å². The number of benzene rings is 1. The predicted molar refractivity (Wildman–Crippen MR) is 79.8 cm³/mol. The van der Waals surface area contributed by atoms with E-state index in [2.05, 4.69) is 56.1 Å². The zero-order valence-corrected chi connectivity index (χ0v) is 13.6. The molecule has 4 aliphatic rings. The number of esters is 1. The highest BCUT2D eigenvalue weighted by Gasteiger charge is 2.71. The quantitative estimate of drug-likeness (QED) is 0.546. The molecule has 0 aliphatic heterocycles. The van der Waals surface area contributed by atoms with E-state index in [1.165, 1.54) is 18.2 Å². The molecule has 2 nitrogen and oxygen atoms in total. The van der Waals surface area contributed by atoms with E-state index in [4.69, 9.17) is 4.74 Å². The average molecular weight is 386 g/mol. The van der Waals surface area contributed by atoms with Crippen LogP contribution in [0.4, 0.5) is 0 Å². The van der Waals surface area contributed by atoms with Crippen molar-refractivity contribution in [2.75, 3.05) is 7.11 Å². The highest BCUT2D eigenvalue weighted by molar-refractivity contribution is 9.12. The Labute approximate surface area is 129 Å². The molecule has 0 saturated heterocycles. The summed E-state index contributed by atoms with van der Waals surface area (Å²) in [6.45, 7) is 0. The molecule has 1 aromatic carbocycles. The number of carbonyl (C=O) groups excluding carboxylic acids is 1. The number of carbonyl (C=O) groups is 1. The van der Waals surface area contributed by atoms with E-state index in [1.54, 1.807) is 0 Å². The summed E-state index contributed by atoms with van der Waals surface area (Å²) in [6.07, 6.45) is 0. The summed E-state index contributed by atoms with van der Waals surface area (Å²) in [4.78, 5) is 12.8. The van der Waals surface area contributed by atoms with Crippen molar-refractivity contribution in [2.24, 2.45) is 17.8 Å². The Hall–Kier alpha value is -0.350. The van der Waals surface area contributed by atoms with Gasteiger partial charge in [-0.2, -0.15) is 0 Å². The molecular weight excluding hydrogens is 372 g/mol. The van der Waals surface area contributed by atoms with Gasteiger partial charge in [0.1, 0.15) is 0 Å². The van der Waals surface area contributed by atoms with Gasteiger partial charge in [0.2, 0.25) is 0 Å². The molecule has 4 heteroatoms. The Balaban J connectivity index is 1.83. The van der Waals surface area contributed by atoms with Crippen LogP contribution in [0.3, 0.4) is 0 Å². The first-order valence-electron chi connectivity index (χ1n) is 6.61. The Morgan fingerprint density at radius 3 is 1.95 bits per heavy atom. The number of hydrogen-bond donors (Lipinski definition) is 0. The van der Waals surface area contributed by atoms with Crippen LogP contribution in [0.25, 0.3) is 0 Å². The molecule has 0 amide bonds. The minimum Gasteiger partial charge on any atom is -0.469 e. The lowest BCUT2D eigenvalue weighted by Gasteiger charge is -2.44. The van der Waals surface area contributed by atoms with Crippen molar-refractivity contribution < 1.29 is 9.53 Å². The molecule has 0 spiro atoms. The highest BCUT2D eigenvalue weighted by Crippen LogP contribution is 2.72. The molecule has 0 aromatic heterocycles. The largest absolute Gasteiger partial charge is 0.469 e. The predicted octanol–water partition coefficient (Wildman–Crippen LogP) is 3.44. The zero-order valence-electron chi connectivity index (χ0n) is 10.4. The SMILES string of the molecule is COC(=O)C1[C@@H]2[C@H]3c4ccccc4[C@H]([C@@H](Br)[C@H]3Br)[C@H]12. The molecule has 1 aromatic rings. The standard InChI is InChI=1S/C15H14Br2O2/c1-19-15(18)12-10-8-6-4-2-3-5-7(6)9(11(10)12)14(17)13(8)16/h2-5,8-14H,1H3/t8-,9+,10-,11+,12?,13+,14-. The Morgan fingerprint density at radius 1 is 1.05 bits per heavy atom. The lowest BCUT2D eigenvalue weighted by Crippen LogP contribution is -2.41. The van der Waals surface area contributed by atoms with Crippen LogP contribution in [-0.4, -0.2) is 22.7 Å². The Kier molecular flexibility index (Phi) is 2.66. The van der Waals surface area contributed by atoms with E-state index in [0.29, 0.717) is 33.3 Å². The van der Waals surface area contributed by atoms with E-state index in [1.807, 2.05) is 0 Å². The molecule has 4 aliphatic carbocycles. The molecule has 0 radical (unpaired) electrons. The summed E-state index contributed by atoms with van der Waals surface area (Å²) >= 11 is 7.69. The highest BCUT2D eigenvalue weighted by atomic mass is 79.9. The molecule has 5 rings (SSSR count). The lowest BCUT2D eigenvalue weighted by atomic mass is 9.67. The second kappa shape index (κ2) is 4.08. The normalized spacial score (nSPS) is 45.3. The van der Waals surface area contributed by atoms with Gasteiger partial charge < -0.3 is 4.74 Å². The summed E-state index contributed by atoms with van der Waals surface area (Å²) in [5, 5.41) is 0. The maximum Gasteiger partial charge on any atom is 0.309 e. The minimum absolute atomic E-state index is 0.0286. The van der Waals surface area contributed by atoms with Gasteiger partial charge >= 0.3 is 5.97 Å². The zero-order chi connectivity index (χ0) is 13.3. The van der Waals surface area contributed by atoms with Crippen LogP contribution in [-0.2, 0) is 9.53 Å². The molecule has 19 heavy (non-hydrogen) atoms. The third kappa shape index (κ3) is 1.45. The van der Waals surface area contributed by atoms with Gasteiger partial charge in [0.15, 0.2) is 0 Å². The topological polar surface area (TPSA) is 26.3 Å². The maximum atomic E-state index is 12.0. The van der Waals surface area contributed by atoms with Gasteiger partial charge in [0, 0.05) is 21.5 Å². The summed E-state index contributed by atoms with van der Waals surface area (Å²) in [7, 11) is 1.50. The van der Waals surface area contributed by atoms with Crippen molar-refractivity contribution in [3.05, 3.63) is 35.4 Å². The third-order valence-corrected chi connectivity index (χ3v) is 8.13. The molecule has 1 unspecified atom stereocenters. The fourth-order valence-corrected chi connectivity index (χ4v) is 6.36. The number of fused-ring (bicyclic) bond motifs is 1. The number of hydrogen-bond acceptors (Lipinski definition) is 2. The van der Waals surface area contributed by atoms with Crippen molar-refractivity contribution in [3.8, 4) is 0 Å². The van der Waals surface area contributed by atoms with Crippen LogP contribution in [0.5, 0.6) is 0 Å². The molecule has 100 valence electrons. The monoisotopic (exact) mass is 384 g/mol. The Bertz CT molecular complexity index is 518. The molecular formula is C15H14Br2O2. The Morgan fingerprint density at radius 2 is 1.53 bits per heavy atom. The maximum absolute atomic E-state index is 12.0. The van der Waals surface area contributed by atoms with Crippen LogP contribution in [0.1, 0.15) is 23.0 Å². The van der Waals surface area contributed by atoms with Crippen LogP contribution in [0.15, 0.2) is 24.3 Å². The molecule has 7 atom stereocenters. The molecule has 0 heterocycles. The molecule has 0 N–H and O–H groups in total. The van der Waals surface area contributed by atoms with Gasteiger partial charge in [-0.3, -0.25) is 4.79 Å². The number of halogens is 2. The van der Waals surface area contributed by atoms with Gasteiger partial charge in [0.25, 0.3) is 0 Å². The second-order valence-corrected chi connectivity index (χ2v) is 7.89. The molecule has 2 bridgehead atoms. The summed E-state index contributed by atoms with van der Waals surface area (Å²) in [5.41, 5.74) is 2.86. The van der Waals surface area contributed by atoms with E-state index in [-0.39, 0.29) is 11.9 Å². The third-order valence-electron chi connectivity index (χ3n) is 5.14. The van der Waals surface area contributed by atoms with E-state index < -0.39 is 0 Å². The van der Waals surface area contributed by atoms with Gasteiger partial charge in [-0.15, -0.1) is 0 Å². The van der Waals surface area contributed by atoms with E-state index in [9.17, 15) is 4.79 Å². The summed E-state index contributed by atoms with van der Waals surface area (Å²) in [5.74, 6) is 1.85. The van der Waals surface area contributed by atoms with Gasteiger partial charge in [0.05, 0.1) is 13.0 Å². The fraction of sp³-hybridized carbons (Fsp3) is 0.533. The first-order chi connectivity index (χ1) is 9.16. The fourth-order valence-electron chi connectivity index (χ4n) is 4.43. The van der Waals surface area contributed by atoms with E-state index in [0.717, 1.165) is 0 Å². The summed E-state index contributed by atoms with van der Waals surface area (Å²) in [6, 6.07) is 8.66. The first kappa shape index (κ1) is 12.4. The number of ether oxygens (including phenoxy) is 1. The van der Waals surface area contributed by atoms with Crippen molar-refractivity contribution in [3.63, 3.8) is 0 Å². The number of methoxy groups -OCH3 is 1. The van der Waals surface area contributed by atoms with E-state index >= 15 is 0 Å². The van der Waals surface area contributed by atoms with Crippen molar-refractivity contribution in [2.45, 2.75) is 21.5 Å². The smallest absolute Gasteiger partial charge is 0.309 e. The van der Waals surface area contributed by atoms with Crippen LogP contribution in [0, 0.1) is 17.8 Å². The van der Waals surface area contributed by atoms with Crippen LogP contribution >= 0.6 is 31.9 Å². The number of alkyl halides is 2. The van der Waals surface area contributed by atoms with Crippen LogP contribution in [0.2, 0.25) is 0 Å². The first-order valence-corrected chi connectivity index (χ1v) is 8.44. The minimum atomic E-state index is -0.0286. The molecule has 2 saturated carbocycles. The van der Waals surface area contributed by atoms with Crippen molar-refractivity contribution in [1.82, 2.24) is 0 Å². The lowest BCUT2D eigenvalue weighted by molar-refractivity contribution is -0.142. The summed E-state index contributed by atoms with van der Waals surface area (Å²) < 4.78 is 4.99. The second-order valence-electron chi connectivity index (χ2n) is 5.77.